The standard InChI is InChI=1S/C28H26N4O2/c1-32-10-9-16-3-4-18(11-19(16)15-32)26-21-7-5-17(12-25(21)30-31-26)23-14-28(23)22-13-20(34-2)6-8-24(22)29-27(28)33/h3-8,11-13,23H,9-10,14-15H2,1-2H3,(H,29,33)(H,30,31). The van der Waals surface area contributed by atoms with Crippen molar-refractivity contribution < 1.29 is 9.53 Å². The fraction of sp³-hybridized carbons (Fsp3) is 0.286. The van der Waals surface area contributed by atoms with E-state index in [1.54, 1.807) is 7.11 Å². The summed E-state index contributed by atoms with van der Waals surface area (Å²) in [5, 5.41) is 12.1. The summed E-state index contributed by atoms with van der Waals surface area (Å²) in [6, 6.07) is 19.1. The van der Waals surface area contributed by atoms with Gasteiger partial charge in [-0.2, -0.15) is 5.10 Å². The van der Waals surface area contributed by atoms with Crippen LogP contribution >= 0.6 is 0 Å². The fourth-order valence-corrected chi connectivity index (χ4v) is 6.02. The number of rotatable bonds is 3. The molecule has 4 aromatic rings. The van der Waals surface area contributed by atoms with Gasteiger partial charge in [0.15, 0.2) is 0 Å². The Kier molecular flexibility index (Phi) is 4.04. The molecule has 1 aromatic heterocycles. The summed E-state index contributed by atoms with van der Waals surface area (Å²) in [7, 11) is 3.83. The molecule has 0 saturated heterocycles. The number of amides is 1. The molecule has 1 fully saturated rings. The number of carbonyl (C=O) groups excluding carboxylic acids is 1. The van der Waals surface area contributed by atoms with Gasteiger partial charge in [-0.05, 0) is 72.5 Å². The van der Waals surface area contributed by atoms with Crippen LogP contribution in [0, 0.1) is 0 Å². The number of aromatic amines is 1. The number of H-pyrrole nitrogens is 1. The first-order valence-corrected chi connectivity index (χ1v) is 11.9. The Morgan fingerprint density at radius 1 is 1.09 bits per heavy atom. The van der Waals surface area contributed by atoms with E-state index in [0.29, 0.717) is 0 Å². The molecule has 1 saturated carbocycles. The molecular formula is C28H26N4O2. The van der Waals surface area contributed by atoms with Gasteiger partial charge >= 0.3 is 0 Å². The lowest BCUT2D eigenvalue weighted by Crippen LogP contribution is -2.26. The largest absolute Gasteiger partial charge is 0.497 e. The topological polar surface area (TPSA) is 70.2 Å². The van der Waals surface area contributed by atoms with Crippen LogP contribution in [0.1, 0.15) is 34.6 Å². The van der Waals surface area contributed by atoms with Gasteiger partial charge < -0.3 is 15.0 Å². The number of nitrogens with one attached hydrogen (secondary N) is 2. The summed E-state index contributed by atoms with van der Waals surface area (Å²) < 4.78 is 5.42. The number of benzene rings is 3. The van der Waals surface area contributed by atoms with Gasteiger partial charge in [-0.3, -0.25) is 9.89 Å². The highest BCUT2D eigenvalue weighted by molar-refractivity contribution is 6.10. The molecular weight excluding hydrogens is 424 g/mol. The second-order valence-electron chi connectivity index (χ2n) is 9.94. The Balaban J connectivity index is 1.24. The molecule has 1 amide bonds. The number of ether oxygens (including phenoxy) is 1. The summed E-state index contributed by atoms with van der Waals surface area (Å²) in [5.41, 5.74) is 8.58. The number of anilines is 1. The maximum absolute atomic E-state index is 13.0. The first-order chi connectivity index (χ1) is 16.6. The van der Waals surface area contributed by atoms with E-state index in [4.69, 9.17) is 4.74 Å². The van der Waals surface area contributed by atoms with E-state index in [-0.39, 0.29) is 11.8 Å². The highest BCUT2D eigenvalue weighted by atomic mass is 16.5. The van der Waals surface area contributed by atoms with Crippen molar-refractivity contribution in [3.8, 4) is 17.0 Å². The molecule has 6 nitrogen and oxygen atoms in total. The van der Waals surface area contributed by atoms with Gasteiger partial charge in [-0.25, -0.2) is 0 Å². The normalized spacial score (nSPS) is 23.1. The van der Waals surface area contributed by atoms with Crippen LogP contribution in [0.3, 0.4) is 0 Å². The summed E-state index contributed by atoms with van der Waals surface area (Å²) in [6.07, 6.45) is 1.91. The van der Waals surface area contributed by atoms with Crippen molar-refractivity contribution in [1.29, 1.82) is 0 Å². The molecule has 3 aliphatic rings. The number of methoxy groups -OCH3 is 1. The third-order valence-corrected chi connectivity index (χ3v) is 7.99. The summed E-state index contributed by atoms with van der Waals surface area (Å²) >= 11 is 0. The first kappa shape index (κ1) is 19.8. The van der Waals surface area contributed by atoms with Gasteiger partial charge in [-0.15, -0.1) is 0 Å². The minimum absolute atomic E-state index is 0.0881. The second kappa shape index (κ2) is 6.93. The van der Waals surface area contributed by atoms with Gasteiger partial charge in [0, 0.05) is 35.6 Å². The molecule has 170 valence electrons. The number of hydrogen-bond acceptors (Lipinski definition) is 4. The van der Waals surface area contributed by atoms with Gasteiger partial charge in [0.05, 0.1) is 23.7 Å². The summed E-state index contributed by atoms with van der Waals surface area (Å²) in [4.78, 5) is 15.4. The molecule has 3 heterocycles. The first-order valence-electron chi connectivity index (χ1n) is 11.9. The van der Waals surface area contributed by atoms with E-state index < -0.39 is 5.41 Å². The van der Waals surface area contributed by atoms with Crippen molar-refractivity contribution in [3.63, 3.8) is 0 Å². The molecule has 3 aromatic carbocycles. The number of fused-ring (bicyclic) bond motifs is 4. The Bertz CT molecular complexity index is 1490. The van der Waals surface area contributed by atoms with E-state index in [1.807, 2.05) is 18.2 Å². The number of carbonyl (C=O) groups is 1. The molecule has 1 aliphatic carbocycles. The molecule has 7 rings (SSSR count). The number of aromatic nitrogens is 2. The van der Waals surface area contributed by atoms with Gasteiger partial charge in [0.1, 0.15) is 5.75 Å². The molecule has 2 N–H and O–H groups in total. The number of hydrogen-bond donors (Lipinski definition) is 2. The summed E-state index contributed by atoms with van der Waals surface area (Å²) in [6.45, 7) is 2.09. The highest BCUT2D eigenvalue weighted by Gasteiger charge is 2.65. The third kappa shape index (κ3) is 2.72. The van der Waals surface area contributed by atoms with Crippen molar-refractivity contribution in [3.05, 3.63) is 76.9 Å². The van der Waals surface area contributed by atoms with Crippen molar-refractivity contribution >= 4 is 22.5 Å². The van der Waals surface area contributed by atoms with E-state index in [1.165, 1.54) is 16.7 Å². The lowest BCUT2D eigenvalue weighted by molar-refractivity contribution is -0.118. The second-order valence-corrected chi connectivity index (χ2v) is 9.94. The molecule has 34 heavy (non-hydrogen) atoms. The van der Waals surface area contributed by atoms with Crippen LogP contribution in [-0.4, -0.2) is 41.7 Å². The predicted octanol–water partition coefficient (Wildman–Crippen LogP) is 4.60. The minimum Gasteiger partial charge on any atom is -0.497 e. The van der Waals surface area contributed by atoms with Crippen LogP contribution in [0.4, 0.5) is 5.69 Å². The van der Waals surface area contributed by atoms with Crippen molar-refractivity contribution in [1.82, 2.24) is 15.1 Å². The van der Waals surface area contributed by atoms with Crippen molar-refractivity contribution in [2.45, 2.75) is 30.7 Å². The van der Waals surface area contributed by atoms with Gasteiger partial charge in [0.25, 0.3) is 0 Å². The zero-order valence-electron chi connectivity index (χ0n) is 19.3. The lowest BCUT2D eigenvalue weighted by Gasteiger charge is -2.25. The minimum atomic E-state index is -0.495. The SMILES string of the molecule is COc1ccc2c(c1)C1(CC1c1ccc3c(-c4ccc5c(c4)CN(C)CC5)n[nH]c3c1)C(=O)N2. The monoisotopic (exact) mass is 450 g/mol. The van der Waals surface area contributed by atoms with Crippen molar-refractivity contribution in [2.75, 3.05) is 26.0 Å². The van der Waals surface area contributed by atoms with E-state index in [9.17, 15) is 4.79 Å². The van der Waals surface area contributed by atoms with Crippen LogP contribution < -0.4 is 10.1 Å². The van der Waals surface area contributed by atoms with Crippen LogP contribution in [0.5, 0.6) is 5.75 Å². The van der Waals surface area contributed by atoms with Crippen LogP contribution in [-0.2, 0) is 23.2 Å². The Morgan fingerprint density at radius 3 is 2.88 bits per heavy atom. The molecule has 6 heteroatoms. The van der Waals surface area contributed by atoms with E-state index >= 15 is 0 Å². The molecule has 0 radical (unpaired) electrons. The van der Waals surface area contributed by atoms with Crippen LogP contribution in [0.15, 0.2) is 54.6 Å². The zero-order valence-corrected chi connectivity index (χ0v) is 19.3. The van der Waals surface area contributed by atoms with Crippen LogP contribution in [0.2, 0.25) is 0 Å². The van der Waals surface area contributed by atoms with Gasteiger partial charge in [-0.1, -0.05) is 24.3 Å². The maximum atomic E-state index is 13.0. The Labute approximate surface area is 197 Å². The van der Waals surface area contributed by atoms with Crippen molar-refractivity contribution in [2.24, 2.45) is 0 Å². The lowest BCUT2D eigenvalue weighted by atomic mass is 9.91. The average Bonchev–Trinajstić information content (AvgIpc) is 3.38. The number of likely N-dealkylation sites (N-methyl/N-ethyl adjacent to an activating group) is 1. The fourth-order valence-electron chi connectivity index (χ4n) is 6.02. The molecule has 2 unspecified atom stereocenters. The average molecular weight is 451 g/mol. The van der Waals surface area contributed by atoms with E-state index in [2.05, 4.69) is 63.9 Å². The Hall–Kier alpha value is -3.64. The molecule has 1 spiro atoms. The summed E-state index contributed by atoms with van der Waals surface area (Å²) in [5.74, 6) is 1.02. The zero-order chi connectivity index (χ0) is 23.0. The molecule has 2 atom stereocenters. The van der Waals surface area contributed by atoms with Crippen LogP contribution in [0.25, 0.3) is 22.2 Å². The maximum Gasteiger partial charge on any atom is 0.235 e. The molecule has 0 bridgehead atoms. The Morgan fingerprint density at radius 2 is 2.00 bits per heavy atom. The highest BCUT2D eigenvalue weighted by Crippen LogP contribution is 2.65. The quantitative estimate of drug-likeness (QED) is 0.479. The molecule has 2 aliphatic heterocycles. The smallest absolute Gasteiger partial charge is 0.235 e. The van der Waals surface area contributed by atoms with Gasteiger partial charge in [0.2, 0.25) is 5.91 Å². The van der Waals surface area contributed by atoms with E-state index in [0.717, 1.165) is 65.1 Å². The third-order valence-electron chi connectivity index (χ3n) is 7.99. The number of nitrogens with zero attached hydrogens (tertiary/aromatic N) is 2. The predicted molar refractivity (Wildman–Crippen MR) is 132 cm³/mol.